The molecule has 0 fully saturated rings. The van der Waals surface area contributed by atoms with Crippen LogP contribution in [-0.4, -0.2) is 37.5 Å². The number of fused-ring (bicyclic) bond motifs is 2. The fourth-order valence-electron chi connectivity index (χ4n) is 2.87. The molecule has 0 saturated heterocycles. The Morgan fingerprint density at radius 2 is 1.92 bits per heavy atom. The predicted molar refractivity (Wildman–Crippen MR) is 101 cm³/mol. The quantitative estimate of drug-likeness (QED) is 0.401. The van der Waals surface area contributed by atoms with Gasteiger partial charge in [-0.3, -0.25) is 0 Å². The van der Waals surface area contributed by atoms with Gasteiger partial charge in [0.05, 0.1) is 13.7 Å². The van der Waals surface area contributed by atoms with Crippen LogP contribution in [0.3, 0.4) is 0 Å². The Balaban J connectivity index is 2.04. The van der Waals surface area contributed by atoms with E-state index in [0.29, 0.717) is 5.75 Å². The lowest BCUT2D eigenvalue weighted by Gasteiger charge is -2.18. The highest BCUT2D eigenvalue weighted by Crippen LogP contribution is 2.38. The third-order valence-electron chi connectivity index (χ3n) is 4.10. The molecule has 0 amide bonds. The molecule has 0 aliphatic rings. The van der Waals surface area contributed by atoms with Gasteiger partial charge >= 0.3 is 5.97 Å². The van der Waals surface area contributed by atoms with Crippen molar-refractivity contribution in [3.63, 3.8) is 0 Å². The van der Waals surface area contributed by atoms with E-state index in [1.54, 1.807) is 7.11 Å². The van der Waals surface area contributed by atoms with Crippen LogP contribution in [0, 0.1) is 0 Å². The Morgan fingerprint density at radius 3 is 2.65 bits per heavy atom. The van der Waals surface area contributed by atoms with Crippen molar-refractivity contribution >= 4 is 27.5 Å². The van der Waals surface area contributed by atoms with Crippen LogP contribution in [0.2, 0.25) is 0 Å². The van der Waals surface area contributed by atoms with Crippen LogP contribution in [0.4, 0.5) is 0 Å². The molecule has 0 spiro atoms. The minimum absolute atomic E-state index is 0.0242. The lowest BCUT2D eigenvalue weighted by Crippen LogP contribution is -2.27. The van der Waals surface area contributed by atoms with E-state index in [1.165, 1.54) is 0 Å². The van der Waals surface area contributed by atoms with Crippen LogP contribution in [-0.2, 0) is 9.53 Å². The van der Waals surface area contributed by atoms with Gasteiger partial charge < -0.3 is 19.3 Å². The Hall–Kier alpha value is -3.05. The Morgan fingerprint density at radius 1 is 1.15 bits per heavy atom. The van der Waals surface area contributed by atoms with E-state index in [9.17, 15) is 9.90 Å². The van der Waals surface area contributed by atoms with Crippen LogP contribution < -0.4 is 9.47 Å². The van der Waals surface area contributed by atoms with E-state index >= 15 is 0 Å². The van der Waals surface area contributed by atoms with Gasteiger partial charge in [0.2, 0.25) is 0 Å². The number of carbonyl (C=O) groups is 1. The standard InChI is InChI=1S/C21H20O5/c1-3-20(23)26-15(12-22)13-25-21-16-8-5-4-7-14(16)11-18-17(21)9-6-10-19(18)24-2/h3-11,15,22H,1,12-13H2,2H3. The van der Waals surface area contributed by atoms with Crippen molar-refractivity contribution in [1.29, 1.82) is 0 Å². The van der Waals surface area contributed by atoms with Crippen molar-refractivity contribution in [1.82, 2.24) is 0 Å². The zero-order valence-corrected chi connectivity index (χ0v) is 14.5. The molecule has 3 aromatic rings. The third-order valence-corrected chi connectivity index (χ3v) is 4.10. The smallest absolute Gasteiger partial charge is 0.330 e. The van der Waals surface area contributed by atoms with Gasteiger partial charge in [-0.25, -0.2) is 4.79 Å². The van der Waals surface area contributed by atoms with Crippen molar-refractivity contribution in [2.75, 3.05) is 20.3 Å². The number of hydrogen-bond donors (Lipinski definition) is 1. The zero-order valence-electron chi connectivity index (χ0n) is 14.5. The molecule has 134 valence electrons. The molecular formula is C21H20O5. The summed E-state index contributed by atoms with van der Waals surface area (Å²) in [5.41, 5.74) is 0. The van der Waals surface area contributed by atoms with E-state index in [2.05, 4.69) is 12.6 Å². The first-order valence-electron chi connectivity index (χ1n) is 8.23. The monoisotopic (exact) mass is 352 g/mol. The number of rotatable bonds is 7. The molecule has 0 heterocycles. The molecule has 0 saturated carbocycles. The van der Waals surface area contributed by atoms with E-state index < -0.39 is 12.1 Å². The maximum absolute atomic E-state index is 11.4. The van der Waals surface area contributed by atoms with E-state index in [4.69, 9.17) is 14.2 Å². The van der Waals surface area contributed by atoms with Crippen molar-refractivity contribution in [2.45, 2.75) is 6.10 Å². The Labute approximate surface area is 151 Å². The van der Waals surface area contributed by atoms with Crippen molar-refractivity contribution < 1.29 is 24.1 Å². The summed E-state index contributed by atoms with van der Waals surface area (Å²) in [5.74, 6) is 0.803. The van der Waals surface area contributed by atoms with E-state index in [0.717, 1.165) is 33.4 Å². The number of ether oxygens (including phenoxy) is 3. The van der Waals surface area contributed by atoms with E-state index in [1.807, 2.05) is 42.5 Å². The number of aliphatic hydroxyl groups excluding tert-OH is 1. The summed E-state index contributed by atoms with van der Waals surface area (Å²) in [6, 6.07) is 15.6. The van der Waals surface area contributed by atoms with Crippen LogP contribution in [0.1, 0.15) is 0 Å². The van der Waals surface area contributed by atoms with Gasteiger partial charge in [0.1, 0.15) is 18.1 Å². The highest BCUT2D eigenvalue weighted by molar-refractivity contribution is 6.07. The lowest BCUT2D eigenvalue weighted by atomic mass is 10.0. The van der Waals surface area contributed by atoms with Gasteiger partial charge in [0, 0.05) is 22.2 Å². The van der Waals surface area contributed by atoms with E-state index in [-0.39, 0.29) is 13.2 Å². The number of hydrogen-bond acceptors (Lipinski definition) is 5. The van der Waals surface area contributed by atoms with Gasteiger partial charge in [0.25, 0.3) is 0 Å². The molecule has 0 aliphatic heterocycles. The molecule has 1 N–H and O–H groups in total. The SMILES string of the molecule is C=CC(=O)OC(CO)COc1c2ccccc2cc2c(OC)cccc12. The van der Waals surface area contributed by atoms with Crippen LogP contribution in [0.5, 0.6) is 11.5 Å². The highest BCUT2D eigenvalue weighted by Gasteiger charge is 2.16. The van der Waals surface area contributed by atoms with Crippen molar-refractivity contribution in [2.24, 2.45) is 0 Å². The molecule has 1 atom stereocenters. The largest absolute Gasteiger partial charge is 0.496 e. The van der Waals surface area contributed by atoms with Gasteiger partial charge in [-0.05, 0) is 17.5 Å². The summed E-state index contributed by atoms with van der Waals surface area (Å²) < 4.78 is 16.6. The average Bonchev–Trinajstić information content (AvgIpc) is 2.69. The molecule has 0 bridgehead atoms. The Kier molecular flexibility index (Phi) is 5.39. The Bertz CT molecular complexity index is 948. The lowest BCUT2D eigenvalue weighted by molar-refractivity contribution is -0.146. The second kappa shape index (κ2) is 7.89. The van der Waals surface area contributed by atoms with Crippen molar-refractivity contribution in [3.05, 3.63) is 61.2 Å². The second-order valence-electron chi connectivity index (χ2n) is 5.74. The highest BCUT2D eigenvalue weighted by atomic mass is 16.6. The number of esters is 1. The molecule has 3 rings (SSSR count). The maximum Gasteiger partial charge on any atom is 0.330 e. The molecule has 26 heavy (non-hydrogen) atoms. The maximum atomic E-state index is 11.4. The molecule has 5 nitrogen and oxygen atoms in total. The van der Waals surface area contributed by atoms with Crippen LogP contribution in [0.15, 0.2) is 61.2 Å². The minimum atomic E-state index is -0.778. The third kappa shape index (κ3) is 3.48. The molecule has 0 aliphatic carbocycles. The number of benzene rings is 3. The molecule has 0 radical (unpaired) electrons. The number of methoxy groups -OCH3 is 1. The summed E-state index contributed by atoms with van der Waals surface area (Å²) in [4.78, 5) is 11.4. The number of carbonyl (C=O) groups excluding carboxylic acids is 1. The normalized spacial score (nSPS) is 11.9. The fourth-order valence-corrected chi connectivity index (χ4v) is 2.87. The summed E-state index contributed by atoms with van der Waals surface area (Å²) in [6.07, 6.45) is 0.279. The average molecular weight is 352 g/mol. The molecule has 5 heteroatoms. The number of aliphatic hydroxyl groups is 1. The van der Waals surface area contributed by atoms with Gasteiger partial charge in [-0.15, -0.1) is 0 Å². The first-order chi connectivity index (χ1) is 12.7. The molecule has 0 aromatic heterocycles. The van der Waals surface area contributed by atoms with Crippen LogP contribution >= 0.6 is 0 Å². The molecule has 3 aromatic carbocycles. The van der Waals surface area contributed by atoms with Gasteiger partial charge in [-0.1, -0.05) is 43.0 Å². The van der Waals surface area contributed by atoms with Gasteiger partial charge in [-0.2, -0.15) is 0 Å². The first kappa shape index (κ1) is 17.8. The summed E-state index contributed by atoms with van der Waals surface area (Å²) in [6.45, 7) is 3.04. The molecule has 1 unspecified atom stereocenters. The van der Waals surface area contributed by atoms with Crippen LogP contribution in [0.25, 0.3) is 21.5 Å². The minimum Gasteiger partial charge on any atom is -0.496 e. The van der Waals surface area contributed by atoms with Gasteiger partial charge in [0.15, 0.2) is 6.10 Å². The zero-order chi connectivity index (χ0) is 18.5. The summed E-state index contributed by atoms with van der Waals surface area (Å²) in [5, 5.41) is 13.2. The molecular weight excluding hydrogens is 332 g/mol. The van der Waals surface area contributed by atoms with Crippen molar-refractivity contribution in [3.8, 4) is 11.5 Å². The second-order valence-corrected chi connectivity index (χ2v) is 5.74. The topological polar surface area (TPSA) is 65.0 Å². The fraction of sp³-hybridized carbons (Fsp3) is 0.190. The summed E-state index contributed by atoms with van der Waals surface area (Å²) in [7, 11) is 1.63. The first-order valence-corrected chi connectivity index (χ1v) is 8.23. The predicted octanol–water partition coefficient (Wildman–Crippen LogP) is 3.47. The summed E-state index contributed by atoms with van der Waals surface area (Å²) >= 11 is 0.